The van der Waals surface area contributed by atoms with E-state index in [1.165, 1.54) is 6.20 Å². The number of likely N-dealkylation sites (N-methyl/N-ethyl adjacent to an activating group) is 1. The second-order valence-corrected chi connectivity index (χ2v) is 5.69. The van der Waals surface area contributed by atoms with E-state index in [1.807, 2.05) is 6.07 Å². The molecule has 0 atom stereocenters. The maximum absolute atomic E-state index is 12.2. The fraction of sp³-hybridized carbons (Fsp3) is 0.294. The molecule has 1 N–H and O–H groups in total. The molecule has 0 spiro atoms. The summed E-state index contributed by atoms with van der Waals surface area (Å²) in [6.07, 6.45) is 3.13. The summed E-state index contributed by atoms with van der Waals surface area (Å²) in [5.74, 6) is 0.468. The lowest BCUT2D eigenvalue weighted by atomic mass is 10.2. The summed E-state index contributed by atoms with van der Waals surface area (Å²) in [5, 5.41) is 11.5. The van der Waals surface area contributed by atoms with Gasteiger partial charge in [0.25, 0.3) is 5.91 Å². The summed E-state index contributed by atoms with van der Waals surface area (Å²) in [6, 6.07) is 8.70. The van der Waals surface area contributed by atoms with Gasteiger partial charge in [-0.2, -0.15) is 5.26 Å². The Morgan fingerprint density at radius 2 is 1.83 bits per heavy atom. The minimum absolute atomic E-state index is 0.261. The van der Waals surface area contributed by atoms with Crippen LogP contribution in [-0.4, -0.2) is 54.0 Å². The van der Waals surface area contributed by atoms with Gasteiger partial charge in [0.15, 0.2) is 0 Å². The van der Waals surface area contributed by atoms with E-state index in [9.17, 15) is 4.79 Å². The van der Waals surface area contributed by atoms with Crippen LogP contribution >= 0.6 is 0 Å². The number of piperazine rings is 1. The van der Waals surface area contributed by atoms with Crippen LogP contribution < -0.4 is 10.2 Å². The standard InChI is InChI=1S/C17H18N6O/c1-22-6-8-23(9-7-22)16-12-19-15(11-20-16)17(24)21-14-4-2-13(10-18)3-5-14/h2-5,11-12H,6-9H2,1H3,(H,21,24). The van der Waals surface area contributed by atoms with E-state index in [2.05, 4.69) is 32.1 Å². The molecule has 0 saturated carbocycles. The average Bonchev–Trinajstić information content (AvgIpc) is 2.63. The van der Waals surface area contributed by atoms with Crippen molar-refractivity contribution < 1.29 is 4.79 Å². The van der Waals surface area contributed by atoms with Gasteiger partial charge in [-0.05, 0) is 31.3 Å². The molecule has 2 heterocycles. The molecule has 122 valence electrons. The number of aromatic nitrogens is 2. The third kappa shape index (κ3) is 3.67. The monoisotopic (exact) mass is 322 g/mol. The molecule has 3 rings (SSSR count). The van der Waals surface area contributed by atoms with Crippen molar-refractivity contribution in [3.63, 3.8) is 0 Å². The van der Waals surface area contributed by atoms with Crippen LogP contribution in [0, 0.1) is 11.3 Å². The van der Waals surface area contributed by atoms with E-state index in [4.69, 9.17) is 5.26 Å². The Morgan fingerprint density at radius 1 is 1.12 bits per heavy atom. The van der Waals surface area contributed by atoms with Gasteiger partial charge in [0.1, 0.15) is 11.5 Å². The topological polar surface area (TPSA) is 85.1 Å². The van der Waals surface area contributed by atoms with E-state index in [1.54, 1.807) is 30.5 Å². The van der Waals surface area contributed by atoms with Crippen molar-refractivity contribution in [1.82, 2.24) is 14.9 Å². The summed E-state index contributed by atoms with van der Waals surface area (Å²) >= 11 is 0. The molecule has 1 amide bonds. The van der Waals surface area contributed by atoms with E-state index < -0.39 is 0 Å². The number of anilines is 2. The zero-order chi connectivity index (χ0) is 16.9. The van der Waals surface area contributed by atoms with Crippen molar-refractivity contribution in [2.24, 2.45) is 0 Å². The summed E-state index contributed by atoms with van der Waals surface area (Å²) in [6.45, 7) is 3.79. The van der Waals surface area contributed by atoms with Crippen LogP contribution in [0.1, 0.15) is 16.1 Å². The minimum Gasteiger partial charge on any atom is -0.353 e. The Morgan fingerprint density at radius 3 is 2.42 bits per heavy atom. The van der Waals surface area contributed by atoms with Gasteiger partial charge >= 0.3 is 0 Å². The molecule has 1 fully saturated rings. The molecule has 0 radical (unpaired) electrons. The second-order valence-electron chi connectivity index (χ2n) is 5.69. The van der Waals surface area contributed by atoms with Gasteiger partial charge in [-0.25, -0.2) is 9.97 Å². The maximum Gasteiger partial charge on any atom is 0.275 e. The first-order chi connectivity index (χ1) is 11.7. The highest BCUT2D eigenvalue weighted by atomic mass is 16.1. The number of carbonyl (C=O) groups excluding carboxylic acids is 1. The number of benzene rings is 1. The lowest BCUT2D eigenvalue weighted by molar-refractivity contribution is 0.102. The Labute approximate surface area is 140 Å². The SMILES string of the molecule is CN1CCN(c2cnc(C(=O)Nc3ccc(C#N)cc3)cn2)CC1. The van der Waals surface area contributed by atoms with Crippen molar-refractivity contribution in [1.29, 1.82) is 5.26 Å². The largest absolute Gasteiger partial charge is 0.353 e. The highest BCUT2D eigenvalue weighted by molar-refractivity contribution is 6.02. The van der Waals surface area contributed by atoms with E-state index >= 15 is 0 Å². The first-order valence-corrected chi connectivity index (χ1v) is 7.73. The Hall–Kier alpha value is -2.98. The molecule has 2 aromatic rings. The van der Waals surface area contributed by atoms with Gasteiger partial charge in [-0.15, -0.1) is 0 Å². The normalized spacial score (nSPS) is 14.9. The summed E-state index contributed by atoms with van der Waals surface area (Å²) < 4.78 is 0. The third-order valence-electron chi connectivity index (χ3n) is 3.97. The van der Waals surface area contributed by atoms with Crippen molar-refractivity contribution in [2.45, 2.75) is 0 Å². The highest BCUT2D eigenvalue weighted by Gasteiger charge is 2.16. The van der Waals surface area contributed by atoms with Crippen LogP contribution in [0.4, 0.5) is 11.5 Å². The fourth-order valence-corrected chi connectivity index (χ4v) is 2.46. The van der Waals surface area contributed by atoms with Crippen molar-refractivity contribution in [3.05, 3.63) is 47.9 Å². The minimum atomic E-state index is -0.322. The first-order valence-electron chi connectivity index (χ1n) is 7.73. The van der Waals surface area contributed by atoms with Crippen molar-refractivity contribution >= 4 is 17.4 Å². The highest BCUT2D eigenvalue weighted by Crippen LogP contribution is 2.13. The lowest BCUT2D eigenvalue weighted by Gasteiger charge is -2.32. The third-order valence-corrected chi connectivity index (χ3v) is 3.97. The molecule has 1 saturated heterocycles. The van der Waals surface area contributed by atoms with Gasteiger partial charge in [-0.3, -0.25) is 4.79 Å². The summed E-state index contributed by atoms with van der Waals surface area (Å²) in [7, 11) is 2.10. The predicted octanol–water partition coefficient (Wildman–Crippen LogP) is 1.35. The van der Waals surface area contributed by atoms with Gasteiger partial charge in [0.05, 0.1) is 24.0 Å². The van der Waals surface area contributed by atoms with Crippen LogP contribution in [0.15, 0.2) is 36.7 Å². The number of rotatable bonds is 3. The summed E-state index contributed by atoms with van der Waals surface area (Å²) in [5.41, 5.74) is 1.42. The lowest BCUT2D eigenvalue weighted by Crippen LogP contribution is -2.44. The molecular weight excluding hydrogens is 304 g/mol. The van der Waals surface area contributed by atoms with E-state index in [0.717, 1.165) is 32.0 Å². The molecular formula is C17H18N6O. The summed E-state index contributed by atoms with van der Waals surface area (Å²) in [4.78, 5) is 25.2. The molecule has 7 nitrogen and oxygen atoms in total. The number of nitrogens with zero attached hydrogens (tertiary/aromatic N) is 5. The molecule has 1 aromatic carbocycles. The van der Waals surface area contributed by atoms with Gasteiger partial charge in [0.2, 0.25) is 0 Å². The Balaban J connectivity index is 1.64. The van der Waals surface area contributed by atoms with Crippen LogP contribution in [0.5, 0.6) is 0 Å². The van der Waals surface area contributed by atoms with E-state index in [0.29, 0.717) is 11.3 Å². The number of hydrogen-bond acceptors (Lipinski definition) is 6. The molecule has 0 aliphatic carbocycles. The number of nitriles is 1. The second kappa shape index (κ2) is 7.06. The molecule has 1 aliphatic heterocycles. The molecule has 24 heavy (non-hydrogen) atoms. The van der Waals surface area contributed by atoms with Crippen LogP contribution in [0.3, 0.4) is 0 Å². The Kier molecular flexibility index (Phi) is 4.68. The smallest absolute Gasteiger partial charge is 0.275 e. The molecule has 1 aliphatic rings. The van der Waals surface area contributed by atoms with Gasteiger partial charge < -0.3 is 15.1 Å². The molecule has 0 bridgehead atoms. The average molecular weight is 322 g/mol. The maximum atomic E-state index is 12.2. The fourth-order valence-electron chi connectivity index (χ4n) is 2.46. The predicted molar refractivity (Wildman–Crippen MR) is 90.9 cm³/mol. The van der Waals surface area contributed by atoms with Gasteiger partial charge in [-0.1, -0.05) is 0 Å². The number of amides is 1. The number of carbonyl (C=O) groups is 1. The first kappa shape index (κ1) is 15.9. The molecule has 1 aromatic heterocycles. The van der Waals surface area contributed by atoms with Gasteiger partial charge in [0, 0.05) is 31.9 Å². The molecule has 7 heteroatoms. The van der Waals surface area contributed by atoms with Crippen molar-refractivity contribution in [3.8, 4) is 6.07 Å². The molecule has 0 unspecified atom stereocenters. The zero-order valence-electron chi connectivity index (χ0n) is 13.4. The number of nitrogens with one attached hydrogen (secondary N) is 1. The zero-order valence-corrected chi connectivity index (χ0v) is 13.4. The van der Waals surface area contributed by atoms with Crippen LogP contribution in [-0.2, 0) is 0 Å². The Bertz CT molecular complexity index is 742. The van der Waals surface area contributed by atoms with Crippen LogP contribution in [0.25, 0.3) is 0 Å². The number of hydrogen-bond donors (Lipinski definition) is 1. The van der Waals surface area contributed by atoms with Crippen molar-refractivity contribution in [2.75, 3.05) is 43.4 Å². The quantitative estimate of drug-likeness (QED) is 0.918. The van der Waals surface area contributed by atoms with E-state index in [-0.39, 0.29) is 11.6 Å². The van der Waals surface area contributed by atoms with Crippen LogP contribution in [0.2, 0.25) is 0 Å².